The van der Waals surface area contributed by atoms with Crippen molar-refractivity contribution in [2.45, 2.75) is 13.0 Å². The van der Waals surface area contributed by atoms with Gasteiger partial charge in [-0.3, -0.25) is 0 Å². The summed E-state index contributed by atoms with van der Waals surface area (Å²) in [6.07, 6.45) is 1.66. The Bertz CT molecular complexity index is 568. The molecule has 5 heteroatoms. The van der Waals surface area contributed by atoms with Crippen molar-refractivity contribution in [2.24, 2.45) is 0 Å². The summed E-state index contributed by atoms with van der Waals surface area (Å²) in [5.41, 5.74) is 0.976. The highest BCUT2D eigenvalue weighted by Crippen LogP contribution is 2.36. The van der Waals surface area contributed by atoms with Crippen LogP contribution in [-0.2, 0) is 0 Å². The number of ether oxygens (including phenoxy) is 2. The molecule has 0 saturated heterocycles. The van der Waals surface area contributed by atoms with Crippen LogP contribution < -0.4 is 14.8 Å². The van der Waals surface area contributed by atoms with E-state index in [1.54, 1.807) is 20.5 Å². The molecule has 4 nitrogen and oxygen atoms in total. The van der Waals surface area contributed by atoms with Gasteiger partial charge in [-0.15, -0.1) is 0 Å². The van der Waals surface area contributed by atoms with E-state index < -0.39 is 0 Å². The Kier molecular flexibility index (Phi) is 5.09. The zero-order valence-electron chi connectivity index (χ0n) is 11.8. The Hall–Kier alpha value is -1.46. The molecule has 0 saturated carbocycles. The van der Waals surface area contributed by atoms with Gasteiger partial charge in [-0.2, -0.15) is 0 Å². The van der Waals surface area contributed by atoms with Gasteiger partial charge >= 0.3 is 0 Å². The van der Waals surface area contributed by atoms with E-state index in [0.29, 0.717) is 0 Å². The summed E-state index contributed by atoms with van der Waals surface area (Å²) in [4.78, 5) is 0. The minimum absolute atomic E-state index is 0.102. The third kappa shape index (κ3) is 2.99. The third-order valence-electron chi connectivity index (χ3n) is 3.06. The number of hydrogen-bond donors (Lipinski definition) is 1. The van der Waals surface area contributed by atoms with Crippen LogP contribution in [0, 0.1) is 0 Å². The van der Waals surface area contributed by atoms with Gasteiger partial charge in [0.05, 0.1) is 31.0 Å². The lowest BCUT2D eigenvalue weighted by molar-refractivity contribution is 0.385. The molecular weight excluding hydrogens is 322 g/mol. The van der Waals surface area contributed by atoms with Gasteiger partial charge < -0.3 is 19.2 Å². The van der Waals surface area contributed by atoms with Gasteiger partial charge in [0.25, 0.3) is 0 Å². The summed E-state index contributed by atoms with van der Waals surface area (Å²) in [7, 11) is 3.31. The van der Waals surface area contributed by atoms with E-state index in [1.807, 2.05) is 24.3 Å². The highest BCUT2D eigenvalue weighted by molar-refractivity contribution is 9.10. The molecule has 0 radical (unpaired) electrons. The SMILES string of the molecule is CCNC(c1cc(OC)ccc1OC)c1occc1Br. The first-order valence-corrected chi connectivity index (χ1v) is 7.18. The zero-order valence-corrected chi connectivity index (χ0v) is 13.4. The summed E-state index contributed by atoms with van der Waals surface area (Å²) in [5, 5.41) is 3.41. The fraction of sp³-hybridized carbons (Fsp3) is 0.333. The molecule has 0 spiro atoms. The van der Waals surface area contributed by atoms with Crippen molar-refractivity contribution in [2.75, 3.05) is 20.8 Å². The molecular formula is C15H18BrNO3. The van der Waals surface area contributed by atoms with Crippen LogP contribution in [0.5, 0.6) is 11.5 Å². The number of methoxy groups -OCH3 is 2. The van der Waals surface area contributed by atoms with Crippen LogP contribution >= 0.6 is 15.9 Å². The number of hydrogen-bond acceptors (Lipinski definition) is 4. The fourth-order valence-corrected chi connectivity index (χ4v) is 2.55. The summed E-state index contributed by atoms with van der Waals surface area (Å²) < 4.78 is 17.3. The summed E-state index contributed by atoms with van der Waals surface area (Å²) >= 11 is 3.51. The van der Waals surface area contributed by atoms with Gasteiger partial charge in [-0.25, -0.2) is 0 Å². The molecule has 0 amide bonds. The summed E-state index contributed by atoms with van der Waals surface area (Å²) in [5.74, 6) is 2.39. The molecule has 1 aromatic carbocycles. The van der Waals surface area contributed by atoms with E-state index in [-0.39, 0.29) is 6.04 Å². The Balaban J connectivity index is 2.50. The molecule has 0 aliphatic rings. The van der Waals surface area contributed by atoms with Crippen LogP contribution in [0.2, 0.25) is 0 Å². The van der Waals surface area contributed by atoms with E-state index in [4.69, 9.17) is 13.9 Å². The van der Waals surface area contributed by atoms with Crippen LogP contribution in [0.3, 0.4) is 0 Å². The van der Waals surface area contributed by atoms with Crippen LogP contribution in [0.1, 0.15) is 24.3 Å². The number of benzene rings is 1. The first-order valence-electron chi connectivity index (χ1n) is 6.39. The molecule has 1 heterocycles. The number of rotatable bonds is 6. The Labute approximate surface area is 127 Å². The molecule has 2 aromatic rings. The largest absolute Gasteiger partial charge is 0.497 e. The average Bonchev–Trinajstić information content (AvgIpc) is 2.90. The molecule has 1 N–H and O–H groups in total. The zero-order chi connectivity index (χ0) is 14.5. The van der Waals surface area contributed by atoms with Gasteiger partial charge in [0.2, 0.25) is 0 Å². The van der Waals surface area contributed by atoms with Crippen LogP contribution in [-0.4, -0.2) is 20.8 Å². The average molecular weight is 340 g/mol. The lowest BCUT2D eigenvalue weighted by Crippen LogP contribution is -2.22. The Morgan fingerprint density at radius 3 is 2.60 bits per heavy atom. The van der Waals surface area contributed by atoms with Gasteiger partial charge in [0.1, 0.15) is 17.3 Å². The molecule has 1 atom stereocenters. The van der Waals surface area contributed by atoms with E-state index in [2.05, 4.69) is 28.2 Å². The van der Waals surface area contributed by atoms with Crippen LogP contribution in [0.25, 0.3) is 0 Å². The minimum atomic E-state index is -0.102. The van der Waals surface area contributed by atoms with Crippen molar-refractivity contribution in [3.8, 4) is 11.5 Å². The van der Waals surface area contributed by atoms with Crippen molar-refractivity contribution in [3.63, 3.8) is 0 Å². The minimum Gasteiger partial charge on any atom is -0.497 e. The Morgan fingerprint density at radius 2 is 2.05 bits per heavy atom. The number of furan rings is 1. The fourth-order valence-electron chi connectivity index (χ4n) is 2.12. The molecule has 108 valence electrons. The van der Waals surface area contributed by atoms with E-state index in [0.717, 1.165) is 33.8 Å². The lowest BCUT2D eigenvalue weighted by atomic mass is 10.0. The molecule has 20 heavy (non-hydrogen) atoms. The lowest BCUT2D eigenvalue weighted by Gasteiger charge is -2.20. The van der Waals surface area contributed by atoms with Crippen molar-refractivity contribution < 1.29 is 13.9 Å². The van der Waals surface area contributed by atoms with Crippen molar-refractivity contribution in [1.29, 1.82) is 0 Å². The van der Waals surface area contributed by atoms with E-state index in [1.165, 1.54) is 0 Å². The summed E-state index contributed by atoms with van der Waals surface area (Å²) in [6, 6.07) is 7.51. The van der Waals surface area contributed by atoms with Gasteiger partial charge in [-0.1, -0.05) is 6.92 Å². The van der Waals surface area contributed by atoms with Crippen molar-refractivity contribution in [3.05, 3.63) is 46.3 Å². The molecule has 0 aliphatic heterocycles. The maximum absolute atomic E-state index is 5.60. The van der Waals surface area contributed by atoms with Gasteiger partial charge in [-0.05, 0) is 46.7 Å². The quantitative estimate of drug-likeness (QED) is 0.870. The van der Waals surface area contributed by atoms with Crippen LogP contribution in [0.15, 0.2) is 39.4 Å². The predicted octanol–water partition coefficient (Wildman–Crippen LogP) is 3.76. The molecule has 0 fully saturated rings. The first kappa shape index (κ1) is 14.9. The molecule has 1 aromatic heterocycles. The number of halogens is 1. The normalized spacial score (nSPS) is 12.2. The number of nitrogens with one attached hydrogen (secondary N) is 1. The maximum atomic E-state index is 5.60. The van der Waals surface area contributed by atoms with E-state index in [9.17, 15) is 0 Å². The van der Waals surface area contributed by atoms with E-state index >= 15 is 0 Å². The molecule has 1 unspecified atom stereocenters. The maximum Gasteiger partial charge on any atom is 0.139 e. The first-order chi connectivity index (χ1) is 9.71. The van der Waals surface area contributed by atoms with Gasteiger partial charge in [0, 0.05) is 5.56 Å². The Morgan fingerprint density at radius 1 is 1.25 bits per heavy atom. The third-order valence-corrected chi connectivity index (χ3v) is 3.72. The molecule has 0 aliphatic carbocycles. The van der Waals surface area contributed by atoms with Crippen LogP contribution in [0.4, 0.5) is 0 Å². The van der Waals surface area contributed by atoms with Crippen molar-refractivity contribution >= 4 is 15.9 Å². The topological polar surface area (TPSA) is 43.6 Å². The van der Waals surface area contributed by atoms with Gasteiger partial charge in [0.15, 0.2) is 0 Å². The second-order valence-electron chi connectivity index (χ2n) is 4.23. The highest BCUT2D eigenvalue weighted by atomic mass is 79.9. The van der Waals surface area contributed by atoms with Crippen molar-refractivity contribution in [1.82, 2.24) is 5.32 Å². The molecule has 2 rings (SSSR count). The second kappa shape index (κ2) is 6.81. The summed E-state index contributed by atoms with van der Waals surface area (Å²) in [6.45, 7) is 2.86. The monoisotopic (exact) mass is 339 g/mol. The predicted molar refractivity (Wildman–Crippen MR) is 81.5 cm³/mol. The highest BCUT2D eigenvalue weighted by Gasteiger charge is 2.23. The molecule has 0 bridgehead atoms. The smallest absolute Gasteiger partial charge is 0.139 e. The standard InChI is InChI=1S/C15H18BrNO3/c1-4-17-14(15-12(16)7-8-20-15)11-9-10(18-2)5-6-13(11)19-3/h5-9,14,17H,4H2,1-3H3. The second-order valence-corrected chi connectivity index (χ2v) is 5.09.